The number of hydrogen-bond acceptors (Lipinski definition) is 2. The summed E-state index contributed by atoms with van der Waals surface area (Å²) in [5.74, 6) is 0.129. The Morgan fingerprint density at radius 2 is 2.22 bits per heavy atom. The SMILES string of the molecule is CCCC(=O)NC1CCc2ccccc2C1OC. The number of carbonyl (C=O) groups is 1. The highest BCUT2D eigenvalue weighted by Crippen LogP contribution is 2.32. The third-order valence-corrected chi connectivity index (χ3v) is 3.53. The van der Waals surface area contributed by atoms with Crippen molar-refractivity contribution in [3.8, 4) is 0 Å². The van der Waals surface area contributed by atoms with Crippen LogP contribution in [0.3, 0.4) is 0 Å². The summed E-state index contributed by atoms with van der Waals surface area (Å²) < 4.78 is 5.59. The van der Waals surface area contributed by atoms with Gasteiger partial charge in [0, 0.05) is 13.5 Å². The molecule has 2 unspecified atom stereocenters. The Kier molecular flexibility index (Phi) is 4.37. The normalized spacial score (nSPS) is 22.3. The molecule has 0 saturated heterocycles. The third-order valence-electron chi connectivity index (χ3n) is 3.53. The van der Waals surface area contributed by atoms with Crippen LogP contribution in [0.25, 0.3) is 0 Å². The van der Waals surface area contributed by atoms with E-state index in [2.05, 4.69) is 23.5 Å². The molecule has 98 valence electrons. The van der Waals surface area contributed by atoms with Crippen LogP contribution in [0.15, 0.2) is 24.3 Å². The number of amides is 1. The zero-order valence-electron chi connectivity index (χ0n) is 11.1. The quantitative estimate of drug-likeness (QED) is 0.888. The molecule has 0 aromatic heterocycles. The summed E-state index contributed by atoms with van der Waals surface area (Å²) >= 11 is 0. The molecular weight excluding hydrogens is 226 g/mol. The summed E-state index contributed by atoms with van der Waals surface area (Å²) in [7, 11) is 1.71. The second-order valence-electron chi connectivity index (χ2n) is 4.82. The van der Waals surface area contributed by atoms with E-state index in [4.69, 9.17) is 4.74 Å². The molecule has 0 aliphatic heterocycles. The number of methoxy groups -OCH3 is 1. The molecule has 0 spiro atoms. The van der Waals surface area contributed by atoms with Crippen LogP contribution in [0.2, 0.25) is 0 Å². The fourth-order valence-corrected chi connectivity index (χ4v) is 2.66. The monoisotopic (exact) mass is 247 g/mol. The maximum Gasteiger partial charge on any atom is 0.220 e. The molecule has 2 atom stereocenters. The van der Waals surface area contributed by atoms with Crippen LogP contribution < -0.4 is 5.32 Å². The first-order chi connectivity index (χ1) is 8.76. The topological polar surface area (TPSA) is 38.3 Å². The van der Waals surface area contributed by atoms with Gasteiger partial charge in [-0.15, -0.1) is 0 Å². The van der Waals surface area contributed by atoms with Crippen molar-refractivity contribution >= 4 is 5.91 Å². The van der Waals surface area contributed by atoms with Crippen molar-refractivity contribution in [3.05, 3.63) is 35.4 Å². The number of benzene rings is 1. The van der Waals surface area contributed by atoms with Crippen molar-refractivity contribution in [2.24, 2.45) is 0 Å². The Morgan fingerprint density at radius 1 is 1.44 bits per heavy atom. The highest BCUT2D eigenvalue weighted by molar-refractivity contribution is 5.76. The van der Waals surface area contributed by atoms with E-state index in [1.165, 1.54) is 11.1 Å². The van der Waals surface area contributed by atoms with Gasteiger partial charge in [-0.1, -0.05) is 31.2 Å². The molecule has 0 radical (unpaired) electrons. The van der Waals surface area contributed by atoms with Gasteiger partial charge in [0.1, 0.15) is 6.10 Å². The van der Waals surface area contributed by atoms with Gasteiger partial charge in [0.15, 0.2) is 0 Å². The van der Waals surface area contributed by atoms with E-state index in [1.807, 2.05) is 13.0 Å². The molecule has 0 heterocycles. The first kappa shape index (κ1) is 13.1. The summed E-state index contributed by atoms with van der Waals surface area (Å²) in [5.41, 5.74) is 2.55. The van der Waals surface area contributed by atoms with E-state index in [-0.39, 0.29) is 18.1 Å². The molecule has 18 heavy (non-hydrogen) atoms. The summed E-state index contributed by atoms with van der Waals surface area (Å²) in [6, 6.07) is 8.43. The summed E-state index contributed by atoms with van der Waals surface area (Å²) in [6.07, 6.45) is 3.41. The molecule has 1 aliphatic carbocycles. The molecule has 0 saturated carbocycles. The highest BCUT2D eigenvalue weighted by atomic mass is 16.5. The molecule has 1 N–H and O–H groups in total. The van der Waals surface area contributed by atoms with Gasteiger partial charge in [0.05, 0.1) is 6.04 Å². The van der Waals surface area contributed by atoms with Crippen molar-refractivity contribution in [2.75, 3.05) is 7.11 Å². The summed E-state index contributed by atoms with van der Waals surface area (Å²) in [6.45, 7) is 2.02. The van der Waals surface area contributed by atoms with E-state index in [0.29, 0.717) is 6.42 Å². The molecule has 0 fully saturated rings. The number of ether oxygens (including phenoxy) is 1. The lowest BCUT2D eigenvalue weighted by molar-refractivity contribution is -0.123. The minimum atomic E-state index is -0.0178. The van der Waals surface area contributed by atoms with Crippen LogP contribution >= 0.6 is 0 Å². The molecule has 1 aromatic rings. The Bertz CT molecular complexity index is 417. The predicted molar refractivity (Wildman–Crippen MR) is 71.4 cm³/mol. The van der Waals surface area contributed by atoms with Crippen LogP contribution in [-0.2, 0) is 16.0 Å². The van der Waals surface area contributed by atoms with Crippen LogP contribution in [-0.4, -0.2) is 19.1 Å². The van der Waals surface area contributed by atoms with Crippen molar-refractivity contribution < 1.29 is 9.53 Å². The Balaban J connectivity index is 2.13. The maximum atomic E-state index is 11.7. The minimum absolute atomic E-state index is 0.0178. The van der Waals surface area contributed by atoms with E-state index in [1.54, 1.807) is 7.11 Å². The van der Waals surface area contributed by atoms with Crippen molar-refractivity contribution in [1.82, 2.24) is 5.32 Å². The van der Waals surface area contributed by atoms with Gasteiger partial charge in [-0.3, -0.25) is 4.79 Å². The van der Waals surface area contributed by atoms with Gasteiger partial charge in [0.25, 0.3) is 0 Å². The zero-order chi connectivity index (χ0) is 13.0. The van der Waals surface area contributed by atoms with Crippen molar-refractivity contribution in [1.29, 1.82) is 0 Å². The van der Waals surface area contributed by atoms with Crippen LogP contribution in [0.1, 0.15) is 43.4 Å². The number of carbonyl (C=O) groups excluding carboxylic acids is 1. The highest BCUT2D eigenvalue weighted by Gasteiger charge is 2.30. The lowest BCUT2D eigenvalue weighted by atomic mass is 9.85. The number of aryl methyl sites for hydroxylation is 1. The lowest BCUT2D eigenvalue weighted by Crippen LogP contribution is -2.42. The molecule has 3 heteroatoms. The van der Waals surface area contributed by atoms with Crippen molar-refractivity contribution in [3.63, 3.8) is 0 Å². The standard InChI is InChI=1S/C15H21NO2/c1-3-6-14(17)16-13-10-9-11-7-4-5-8-12(11)15(13)18-2/h4-5,7-8,13,15H,3,6,9-10H2,1-2H3,(H,16,17). The average molecular weight is 247 g/mol. The van der Waals surface area contributed by atoms with Gasteiger partial charge < -0.3 is 10.1 Å². The first-order valence-electron chi connectivity index (χ1n) is 6.66. The Morgan fingerprint density at radius 3 is 2.94 bits per heavy atom. The summed E-state index contributed by atoms with van der Waals surface area (Å²) in [4.78, 5) is 11.7. The van der Waals surface area contributed by atoms with Gasteiger partial charge in [0.2, 0.25) is 5.91 Å². The Hall–Kier alpha value is -1.35. The van der Waals surface area contributed by atoms with Gasteiger partial charge >= 0.3 is 0 Å². The van der Waals surface area contributed by atoms with E-state index in [0.717, 1.165) is 19.3 Å². The third kappa shape index (κ3) is 2.72. The van der Waals surface area contributed by atoms with Crippen molar-refractivity contribution in [2.45, 2.75) is 44.8 Å². The van der Waals surface area contributed by atoms with E-state index < -0.39 is 0 Å². The fraction of sp³-hybridized carbons (Fsp3) is 0.533. The van der Waals surface area contributed by atoms with Gasteiger partial charge in [-0.2, -0.15) is 0 Å². The number of nitrogens with one attached hydrogen (secondary N) is 1. The minimum Gasteiger partial charge on any atom is -0.375 e. The number of rotatable bonds is 4. The van der Waals surface area contributed by atoms with Crippen LogP contribution in [0.5, 0.6) is 0 Å². The average Bonchev–Trinajstić information content (AvgIpc) is 2.38. The second kappa shape index (κ2) is 6.01. The fourth-order valence-electron chi connectivity index (χ4n) is 2.66. The predicted octanol–water partition coefficient (Wildman–Crippen LogP) is 2.61. The molecule has 1 aliphatic rings. The molecule has 3 nitrogen and oxygen atoms in total. The smallest absolute Gasteiger partial charge is 0.220 e. The summed E-state index contributed by atoms with van der Waals surface area (Å²) in [5, 5.41) is 3.10. The molecule has 2 rings (SSSR count). The van der Waals surface area contributed by atoms with E-state index >= 15 is 0 Å². The molecule has 1 aromatic carbocycles. The largest absolute Gasteiger partial charge is 0.375 e. The molecular formula is C15H21NO2. The van der Waals surface area contributed by atoms with Crippen LogP contribution in [0.4, 0.5) is 0 Å². The molecule has 0 bridgehead atoms. The number of fused-ring (bicyclic) bond motifs is 1. The molecule has 1 amide bonds. The van der Waals surface area contributed by atoms with Gasteiger partial charge in [-0.25, -0.2) is 0 Å². The first-order valence-corrected chi connectivity index (χ1v) is 6.66. The van der Waals surface area contributed by atoms with Gasteiger partial charge in [-0.05, 0) is 30.4 Å². The van der Waals surface area contributed by atoms with E-state index in [9.17, 15) is 4.79 Å². The lowest BCUT2D eigenvalue weighted by Gasteiger charge is -2.33. The van der Waals surface area contributed by atoms with Crippen LogP contribution in [0, 0.1) is 0 Å². The Labute approximate surface area is 109 Å². The second-order valence-corrected chi connectivity index (χ2v) is 4.82. The number of hydrogen-bond donors (Lipinski definition) is 1. The maximum absolute atomic E-state index is 11.7. The zero-order valence-corrected chi connectivity index (χ0v) is 11.1.